The highest BCUT2D eigenvalue weighted by Gasteiger charge is 2.26. The van der Waals surface area contributed by atoms with Crippen LogP contribution in [0.15, 0.2) is 0 Å². The summed E-state index contributed by atoms with van der Waals surface area (Å²) < 4.78 is 0. The Morgan fingerprint density at radius 1 is 0.500 bits per heavy atom. The van der Waals surface area contributed by atoms with Crippen molar-refractivity contribution in [2.24, 2.45) is 0 Å². The molecule has 0 spiro atoms. The van der Waals surface area contributed by atoms with Crippen LogP contribution in [0.3, 0.4) is 0 Å². The highest BCUT2D eigenvalue weighted by Crippen LogP contribution is 2.05. The van der Waals surface area contributed by atoms with Gasteiger partial charge in [0.15, 0.2) is 0 Å². The molecule has 0 atom stereocenters. The molecule has 0 fully saturated rings. The summed E-state index contributed by atoms with van der Waals surface area (Å²) in [6.45, 7) is 19.9. The molecular formula is C12H31N3Si. The van der Waals surface area contributed by atoms with Crippen LogP contribution in [0.1, 0.15) is 62.3 Å². The first-order valence-corrected chi connectivity index (χ1v) is 7.85. The molecule has 0 amide bonds. The molecule has 0 saturated heterocycles. The third-order valence-corrected chi connectivity index (χ3v) is 5.20. The van der Waals surface area contributed by atoms with Gasteiger partial charge in [0.25, 0.3) is 9.28 Å². The minimum absolute atomic E-state index is 0.146. The molecule has 98 valence electrons. The first kappa shape index (κ1) is 16.1. The molecule has 0 unspecified atom stereocenters. The lowest BCUT2D eigenvalue weighted by Crippen LogP contribution is -2.70. The highest BCUT2D eigenvalue weighted by molar-refractivity contribution is 6.51. The van der Waals surface area contributed by atoms with Crippen LogP contribution in [0, 0.1) is 0 Å². The summed E-state index contributed by atoms with van der Waals surface area (Å²) in [5.74, 6) is 0. The molecule has 0 aliphatic carbocycles. The van der Waals surface area contributed by atoms with E-state index in [1.807, 2.05) is 0 Å². The van der Waals surface area contributed by atoms with Crippen molar-refractivity contribution in [1.29, 1.82) is 0 Å². The van der Waals surface area contributed by atoms with Gasteiger partial charge in [0.1, 0.15) is 0 Å². The van der Waals surface area contributed by atoms with Crippen LogP contribution in [-0.2, 0) is 0 Å². The van der Waals surface area contributed by atoms with Crippen LogP contribution in [0.5, 0.6) is 0 Å². The molecule has 4 heteroatoms. The highest BCUT2D eigenvalue weighted by atomic mass is 28.3. The molecule has 0 saturated carbocycles. The number of rotatable bonds is 3. The van der Waals surface area contributed by atoms with Crippen LogP contribution in [0.25, 0.3) is 0 Å². The average molecular weight is 245 g/mol. The topological polar surface area (TPSA) is 36.1 Å². The summed E-state index contributed by atoms with van der Waals surface area (Å²) in [5, 5.41) is 0. The van der Waals surface area contributed by atoms with E-state index in [2.05, 4.69) is 77.3 Å². The summed E-state index contributed by atoms with van der Waals surface area (Å²) in [7, 11) is -1.36. The number of hydrogen-bond acceptors (Lipinski definition) is 3. The van der Waals surface area contributed by atoms with Gasteiger partial charge in [-0.1, -0.05) is 0 Å². The minimum atomic E-state index is -1.36. The van der Waals surface area contributed by atoms with Gasteiger partial charge in [0, 0.05) is 16.6 Å². The van der Waals surface area contributed by atoms with Gasteiger partial charge in [-0.2, -0.15) is 0 Å². The first-order valence-electron chi connectivity index (χ1n) is 6.12. The molecule has 0 heterocycles. The quantitative estimate of drug-likeness (QED) is 0.664. The standard InChI is InChI=1S/C12H31N3Si/c1-10(2,3)13-16(14-11(4,5)6)15-12(7,8)9/h13-16H,1-9H3. The van der Waals surface area contributed by atoms with E-state index in [-0.39, 0.29) is 16.6 Å². The number of nitrogens with one attached hydrogen (secondary N) is 3. The maximum atomic E-state index is 3.69. The van der Waals surface area contributed by atoms with E-state index in [0.29, 0.717) is 0 Å². The maximum Gasteiger partial charge on any atom is 0.265 e. The fourth-order valence-corrected chi connectivity index (χ4v) is 4.22. The van der Waals surface area contributed by atoms with Gasteiger partial charge in [0.2, 0.25) is 0 Å². The zero-order valence-corrected chi connectivity index (χ0v) is 13.7. The summed E-state index contributed by atoms with van der Waals surface area (Å²) in [6.07, 6.45) is 0. The predicted molar refractivity (Wildman–Crippen MR) is 75.8 cm³/mol. The van der Waals surface area contributed by atoms with Crippen molar-refractivity contribution < 1.29 is 0 Å². The third kappa shape index (κ3) is 10.6. The van der Waals surface area contributed by atoms with E-state index in [4.69, 9.17) is 0 Å². The van der Waals surface area contributed by atoms with Crippen molar-refractivity contribution in [3.63, 3.8) is 0 Å². The van der Waals surface area contributed by atoms with Crippen molar-refractivity contribution in [2.45, 2.75) is 78.9 Å². The van der Waals surface area contributed by atoms with Gasteiger partial charge in [-0.15, -0.1) is 0 Å². The molecule has 0 aliphatic rings. The van der Waals surface area contributed by atoms with Gasteiger partial charge in [-0.3, -0.25) is 0 Å². The lowest BCUT2D eigenvalue weighted by Gasteiger charge is -2.37. The van der Waals surface area contributed by atoms with E-state index in [1.165, 1.54) is 0 Å². The van der Waals surface area contributed by atoms with Gasteiger partial charge in [0.05, 0.1) is 0 Å². The SMILES string of the molecule is CC(C)(C)N[SiH](NC(C)(C)C)NC(C)(C)C. The van der Waals surface area contributed by atoms with E-state index >= 15 is 0 Å². The number of hydrogen-bond donors (Lipinski definition) is 3. The van der Waals surface area contributed by atoms with E-state index in [1.54, 1.807) is 0 Å². The predicted octanol–water partition coefficient (Wildman–Crippen LogP) is 1.87. The maximum absolute atomic E-state index is 3.69. The molecule has 16 heavy (non-hydrogen) atoms. The molecule has 0 aromatic heterocycles. The summed E-state index contributed by atoms with van der Waals surface area (Å²) in [4.78, 5) is 11.1. The summed E-state index contributed by atoms with van der Waals surface area (Å²) in [6, 6.07) is 0. The second-order valence-corrected chi connectivity index (χ2v) is 9.35. The zero-order chi connectivity index (χ0) is 13.2. The molecule has 0 aliphatic heterocycles. The van der Waals surface area contributed by atoms with E-state index in [0.717, 1.165) is 0 Å². The van der Waals surface area contributed by atoms with Gasteiger partial charge in [-0.25, -0.2) is 0 Å². The van der Waals surface area contributed by atoms with E-state index in [9.17, 15) is 0 Å². The Morgan fingerprint density at radius 2 is 0.688 bits per heavy atom. The van der Waals surface area contributed by atoms with Crippen LogP contribution in [0.4, 0.5) is 0 Å². The molecular weight excluding hydrogens is 214 g/mol. The molecule has 3 nitrogen and oxygen atoms in total. The molecule has 0 rings (SSSR count). The molecule has 0 aromatic rings. The monoisotopic (exact) mass is 245 g/mol. The van der Waals surface area contributed by atoms with Crippen LogP contribution in [-0.4, -0.2) is 25.9 Å². The van der Waals surface area contributed by atoms with Gasteiger partial charge in [-0.05, 0) is 62.3 Å². The second-order valence-electron chi connectivity index (χ2n) is 7.62. The van der Waals surface area contributed by atoms with Crippen LogP contribution < -0.4 is 14.9 Å². The fraction of sp³-hybridized carbons (Fsp3) is 1.00. The summed E-state index contributed by atoms with van der Waals surface area (Å²) in [5.41, 5.74) is 0.439. The van der Waals surface area contributed by atoms with Crippen molar-refractivity contribution in [2.75, 3.05) is 0 Å². The Bertz CT molecular complexity index is 170. The third-order valence-electron chi connectivity index (χ3n) is 1.73. The molecule has 0 bridgehead atoms. The lowest BCUT2D eigenvalue weighted by atomic mass is 10.1. The van der Waals surface area contributed by atoms with Crippen molar-refractivity contribution >= 4 is 9.28 Å². The molecule has 3 N–H and O–H groups in total. The zero-order valence-electron chi connectivity index (χ0n) is 12.6. The smallest absolute Gasteiger partial charge is 0.265 e. The van der Waals surface area contributed by atoms with E-state index < -0.39 is 9.28 Å². The second kappa shape index (κ2) is 5.17. The minimum Gasteiger partial charge on any atom is -0.311 e. The van der Waals surface area contributed by atoms with Crippen molar-refractivity contribution in [3.8, 4) is 0 Å². The van der Waals surface area contributed by atoms with Crippen molar-refractivity contribution in [3.05, 3.63) is 0 Å². The summed E-state index contributed by atoms with van der Waals surface area (Å²) >= 11 is 0. The van der Waals surface area contributed by atoms with Crippen molar-refractivity contribution in [1.82, 2.24) is 14.9 Å². The lowest BCUT2D eigenvalue weighted by molar-refractivity contribution is 0.435. The Labute approximate surface area is 104 Å². The Kier molecular flexibility index (Phi) is 5.20. The van der Waals surface area contributed by atoms with Gasteiger partial charge >= 0.3 is 0 Å². The van der Waals surface area contributed by atoms with Crippen LogP contribution in [0.2, 0.25) is 0 Å². The first-order chi connectivity index (χ1) is 6.79. The van der Waals surface area contributed by atoms with Crippen LogP contribution >= 0.6 is 0 Å². The Balaban J connectivity index is 4.53. The largest absolute Gasteiger partial charge is 0.311 e. The Morgan fingerprint density at radius 3 is 0.812 bits per heavy atom. The van der Waals surface area contributed by atoms with Gasteiger partial charge < -0.3 is 14.9 Å². The normalized spacial score (nSPS) is 14.6. The fourth-order valence-electron chi connectivity index (χ4n) is 1.41. The Hall–Kier alpha value is 0.0969. The molecule has 0 radical (unpaired) electrons. The molecule has 0 aromatic carbocycles. The average Bonchev–Trinajstić information content (AvgIpc) is 1.70.